The Morgan fingerprint density at radius 1 is 1.20 bits per heavy atom. The fourth-order valence-electron chi connectivity index (χ4n) is 0.965. The van der Waals surface area contributed by atoms with Crippen LogP contribution in [0.1, 0.15) is 10.4 Å². The van der Waals surface area contributed by atoms with Gasteiger partial charge in [-0.15, -0.1) is 0 Å². The zero-order valence-electron chi connectivity index (χ0n) is 7.11. The first kappa shape index (κ1) is 11.4. The van der Waals surface area contributed by atoms with Crippen LogP contribution in [-0.4, -0.2) is 19.4 Å². The molecule has 0 bridgehead atoms. The van der Waals surface area contributed by atoms with Crippen LogP contribution in [0.3, 0.4) is 0 Å². The first-order valence-electron chi connectivity index (χ1n) is 3.59. The fourth-order valence-corrected chi connectivity index (χ4v) is 1.23. The number of hydrogen-bond acceptors (Lipinski definition) is 5. The Morgan fingerprint density at radius 3 is 2.20 bits per heavy atom. The maximum atomic E-state index is 10.9. The largest absolute Gasteiger partial charge is 0.477 e. The van der Waals surface area contributed by atoms with Crippen molar-refractivity contribution in [2.75, 3.05) is 0 Å². The van der Waals surface area contributed by atoms with Gasteiger partial charge in [-0.05, 0) is 6.07 Å². The van der Waals surface area contributed by atoms with Crippen LogP contribution in [0.5, 0.6) is 0 Å². The van der Waals surface area contributed by atoms with Gasteiger partial charge in [-0.25, -0.2) is 4.79 Å². The van der Waals surface area contributed by atoms with Crippen molar-refractivity contribution in [1.29, 1.82) is 0 Å². The second-order valence-corrected chi connectivity index (χ2v) is 3.18. The van der Waals surface area contributed by atoms with E-state index in [1.54, 1.807) is 0 Å². The molecule has 6 nitrogen and oxygen atoms in total. The van der Waals surface area contributed by atoms with E-state index in [4.69, 9.17) is 5.11 Å². The van der Waals surface area contributed by atoms with Crippen molar-refractivity contribution in [3.05, 3.63) is 33.6 Å². The van der Waals surface area contributed by atoms with Crippen molar-refractivity contribution in [3.63, 3.8) is 0 Å². The number of benzene rings is 1. The number of rotatable bonds is 3. The molecule has 0 spiro atoms. The average Bonchev–Trinajstić information content (AvgIpc) is 2.16. The van der Waals surface area contributed by atoms with E-state index in [0.29, 0.717) is 0 Å². The van der Waals surface area contributed by atoms with Crippen LogP contribution in [0.15, 0.2) is 18.2 Å². The predicted molar refractivity (Wildman–Crippen MR) is 54.7 cm³/mol. The third-order valence-electron chi connectivity index (χ3n) is 1.62. The lowest BCUT2D eigenvalue weighted by Gasteiger charge is -2.00. The quantitative estimate of drug-likeness (QED) is 0.634. The molecule has 1 aromatic carbocycles. The summed E-state index contributed by atoms with van der Waals surface area (Å²) in [5.74, 6) is -1.30. The molecule has 0 saturated carbocycles. The van der Waals surface area contributed by atoms with Gasteiger partial charge in [0, 0.05) is 15.9 Å². The highest BCUT2D eigenvalue weighted by molar-refractivity contribution is 7.51. The predicted octanol–water partition coefficient (Wildman–Crippen LogP) is 1.13. The van der Waals surface area contributed by atoms with E-state index in [1.807, 2.05) is 0 Å². The van der Waals surface area contributed by atoms with Crippen molar-refractivity contribution in [3.8, 4) is 0 Å². The van der Waals surface area contributed by atoms with Crippen molar-refractivity contribution in [2.24, 2.45) is 0 Å². The number of nitrogens with zero attached hydrogens (tertiary/aromatic N) is 2. The molecule has 0 amide bonds. The van der Waals surface area contributed by atoms with Crippen molar-refractivity contribution < 1.29 is 18.2 Å². The Kier molecular flexibility index (Phi) is 3.22. The van der Waals surface area contributed by atoms with Crippen LogP contribution in [0.4, 0.5) is 11.4 Å². The zero-order valence-corrected chi connectivity index (χ0v) is 8.75. The molecule has 0 aliphatic carbocycles. The fraction of sp³-hybridized carbons (Fsp3) is 0. The summed E-state index contributed by atoms with van der Waals surface area (Å²) in [4.78, 5) is 32.3. The number of aromatic carboxylic acids is 1. The second kappa shape index (κ2) is 4.24. The Hall–Kier alpha value is -1.67. The SMILES string of the molecule is O=C(O)c1ccc([N+](=O)[S-])cc1[N+](=O)[S-]. The lowest BCUT2D eigenvalue weighted by Crippen LogP contribution is -2.03. The molecule has 0 aliphatic heterocycles. The van der Waals surface area contributed by atoms with Gasteiger partial charge >= 0.3 is 5.97 Å². The first-order chi connectivity index (χ1) is 6.93. The molecule has 1 aromatic rings. The number of carboxylic acid groups (broad SMARTS) is 1. The summed E-state index contributed by atoms with van der Waals surface area (Å²) in [5.41, 5.74) is -0.586. The van der Waals surface area contributed by atoms with Crippen molar-refractivity contribution >= 4 is 43.0 Å². The Balaban J connectivity index is 3.40. The number of nitroso groups, excluding NO2 is 2. The third-order valence-corrected chi connectivity index (χ3v) is 2.03. The molecule has 0 aliphatic rings. The molecule has 0 atom stereocenters. The van der Waals surface area contributed by atoms with Gasteiger partial charge in [0.15, 0.2) is 0 Å². The van der Waals surface area contributed by atoms with Gasteiger partial charge in [-0.2, -0.15) is 0 Å². The summed E-state index contributed by atoms with van der Waals surface area (Å²) < 4.78 is 0.0414. The molecule has 0 unspecified atom stereocenters. The van der Waals surface area contributed by atoms with E-state index in [0.717, 1.165) is 12.1 Å². The zero-order chi connectivity index (χ0) is 11.6. The first-order valence-corrected chi connectivity index (χ1v) is 4.32. The van der Waals surface area contributed by atoms with E-state index in [1.165, 1.54) is 6.07 Å². The van der Waals surface area contributed by atoms with Crippen molar-refractivity contribution in [1.82, 2.24) is 0 Å². The normalized spacial score (nSPS) is 9.60. The molecule has 0 aromatic heterocycles. The Morgan fingerprint density at radius 2 is 1.80 bits per heavy atom. The van der Waals surface area contributed by atoms with Crippen LogP contribution in [0, 0.1) is 9.81 Å². The molecule has 1 N–H and O–H groups in total. The number of carboxylic acids is 1. The van der Waals surface area contributed by atoms with Gasteiger partial charge in [0.1, 0.15) is 5.56 Å². The molecule has 0 fully saturated rings. The highest BCUT2D eigenvalue weighted by atomic mass is 32.1. The molecule has 78 valence electrons. The molecule has 0 saturated heterocycles. The number of hydrogen-bond donors (Lipinski definition) is 1. The van der Waals surface area contributed by atoms with Gasteiger partial charge in [0.2, 0.25) is 5.69 Å². The van der Waals surface area contributed by atoms with Crippen LogP contribution in [0.2, 0.25) is 0 Å². The number of carbonyl (C=O) groups is 1. The van der Waals surface area contributed by atoms with Gasteiger partial charge in [0.25, 0.3) is 5.69 Å². The third kappa shape index (κ3) is 2.42. The lowest BCUT2D eigenvalue weighted by atomic mass is 10.1. The Bertz CT molecular complexity index is 460. The van der Waals surface area contributed by atoms with Crippen molar-refractivity contribution in [2.45, 2.75) is 0 Å². The monoisotopic (exact) mass is 244 g/mol. The van der Waals surface area contributed by atoms with Crippen LogP contribution >= 0.6 is 0 Å². The topological polar surface area (TPSA) is 77.5 Å². The smallest absolute Gasteiger partial charge is 0.342 e. The minimum Gasteiger partial charge on any atom is -0.477 e. The van der Waals surface area contributed by atoms with Gasteiger partial charge < -0.3 is 30.7 Å². The standard InChI is InChI=1S/C7H4N2O4S2/c10-7(11)5-2-1-4(8(12)14)3-6(5)9(13)15/h1-3H,(H,10,11). The highest BCUT2D eigenvalue weighted by Crippen LogP contribution is 2.24. The van der Waals surface area contributed by atoms with Crippen LogP contribution in [-0.2, 0) is 25.6 Å². The highest BCUT2D eigenvalue weighted by Gasteiger charge is 2.20. The minimum atomic E-state index is -1.30. The maximum Gasteiger partial charge on any atom is 0.342 e. The summed E-state index contributed by atoms with van der Waals surface area (Å²) >= 11 is 8.53. The molecular weight excluding hydrogens is 240 g/mol. The summed E-state index contributed by atoms with van der Waals surface area (Å²) in [5, 5.41) is 8.71. The average molecular weight is 244 g/mol. The van der Waals surface area contributed by atoms with E-state index in [2.05, 4.69) is 25.6 Å². The summed E-state index contributed by atoms with van der Waals surface area (Å²) in [6.45, 7) is 0. The molecule has 0 heterocycles. The van der Waals surface area contributed by atoms with E-state index >= 15 is 0 Å². The summed E-state index contributed by atoms with van der Waals surface area (Å²) in [6.07, 6.45) is 0. The summed E-state index contributed by atoms with van der Waals surface area (Å²) in [6, 6.07) is 3.33. The van der Waals surface area contributed by atoms with Crippen LogP contribution < -0.4 is 0 Å². The molecule has 15 heavy (non-hydrogen) atoms. The lowest BCUT2D eigenvalue weighted by molar-refractivity contribution is -0.273. The van der Waals surface area contributed by atoms with Gasteiger partial charge in [-0.3, -0.25) is 0 Å². The maximum absolute atomic E-state index is 10.9. The van der Waals surface area contributed by atoms with E-state index in [-0.39, 0.29) is 25.3 Å². The Labute approximate surface area is 95.1 Å². The second-order valence-electron chi connectivity index (χ2n) is 2.52. The van der Waals surface area contributed by atoms with Gasteiger partial charge in [-0.1, -0.05) is 8.33 Å². The van der Waals surface area contributed by atoms with E-state index in [9.17, 15) is 14.6 Å². The molecular formula is C7H4N2O4S2. The van der Waals surface area contributed by atoms with Crippen LogP contribution in [0.25, 0.3) is 0 Å². The molecule has 1 rings (SSSR count). The van der Waals surface area contributed by atoms with Gasteiger partial charge in [0.05, 0.1) is 6.07 Å². The minimum absolute atomic E-state index is 0.0179. The molecule has 8 heteroatoms. The van der Waals surface area contributed by atoms with E-state index < -0.39 is 5.97 Å². The summed E-state index contributed by atoms with van der Waals surface area (Å²) in [7, 11) is 0. The molecule has 0 radical (unpaired) electrons.